The van der Waals surface area contributed by atoms with Gasteiger partial charge in [-0.1, -0.05) is 11.6 Å². The van der Waals surface area contributed by atoms with Crippen LogP contribution in [-0.4, -0.2) is 9.91 Å². The fourth-order valence-corrected chi connectivity index (χ4v) is 0.987. The molecule has 5 nitrogen and oxygen atoms in total. The molecule has 0 saturated heterocycles. The summed E-state index contributed by atoms with van der Waals surface area (Å²) in [5.41, 5.74) is 4.43. The highest BCUT2D eigenvalue weighted by molar-refractivity contribution is 6.33. The predicted molar refractivity (Wildman–Crippen MR) is 45.3 cm³/mol. The lowest BCUT2D eigenvalue weighted by Crippen LogP contribution is -2.01. The molecular weight excluding hydrogens is 220 g/mol. The number of nitrogen functional groups attached to an aromatic ring is 1. The molecule has 0 spiro atoms. The lowest BCUT2D eigenvalue weighted by Gasteiger charge is -2.02. The van der Waals surface area contributed by atoms with E-state index in [1.54, 1.807) is 0 Å². The molecule has 0 aromatic carbocycles. The van der Waals surface area contributed by atoms with Crippen LogP contribution in [0, 0.1) is 10.1 Å². The Morgan fingerprint density at radius 2 is 2.21 bits per heavy atom. The maximum atomic E-state index is 12.3. The van der Waals surface area contributed by atoms with Crippen LogP contribution in [0.25, 0.3) is 0 Å². The van der Waals surface area contributed by atoms with Gasteiger partial charge in [0.05, 0.1) is 5.56 Å². The molecule has 1 aromatic heterocycles. The molecule has 1 heterocycles. The minimum Gasteiger partial charge on any atom is -0.362 e. The van der Waals surface area contributed by atoms with Gasteiger partial charge >= 0.3 is 5.82 Å². The Kier molecular flexibility index (Phi) is 2.80. The summed E-state index contributed by atoms with van der Waals surface area (Å²) in [6.45, 7) is 0. The number of nitrogens with two attached hydrogens (primary N) is 1. The van der Waals surface area contributed by atoms with Crippen LogP contribution in [0.4, 0.5) is 20.4 Å². The highest BCUT2D eigenvalue weighted by Crippen LogP contribution is 2.32. The van der Waals surface area contributed by atoms with Crippen molar-refractivity contribution >= 4 is 23.2 Å². The van der Waals surface area contributed by atoms with Gasteiger partial charge in [-0.3, -0.25) is 0 Å². The van der Waals surface area contributed by atoms with Crippen molar-refractivity contribution in [3.63, 3.8) is 0 Å². The standard InChI is InChI=1S/C6H4ClF2N3O2/c7-4-2(5(8)9)1-3(12(13)14)11-6(4)10/h1,5H,(H2,10,11). The lowest BCUT2D eigenvalue weighted by atomic mass is 10.2. The first kappa shape index (κ1) is 10.6. The Balaban J connectivity index is 3.35. The van der Waals surface area contributed by atoms with Crippen LogP contribution in [0.1, 0.15) is 12.0 Å². The van der Waals surface area contributed by atoms with Crippen LogP contribution in [0.3, 0.4) is 0 Å². The van der Waals surface area contributed by atoms with Gasteiger partial charge in [-0.25, -0.2) is 8.78 Å². The summed E-state index contributed by atoms with van der Waals surface area (Å²) in [4.78, 5) is 12.5. The van der Waals surface area contributed by atoms with Crippen molar-refractivity contribution < 1.29 is 13.7 Å². The van der Waals surface area contributed by atoms with E-state index in [2.05, 4.69) is 4.98 Å². The van der Waals surface area contributed by atoms with E-state index in [0.717, 1.165) is 0 Å². The molecule has 0 fully saturated rings. The van der Waals surface area contributed by atoms with Crippen molar-refractivity contribution in [1.82, 2.24) is 4.98 Å². The summed E-state index contributed by atoms with van der Waals surface area (Å²) < 4.78 is 24.5. The molecule has 76 valence electrons. The first-order chi connectivity index (χ1) is 6.43. The quantitative estimate of drug-likeness (QED) is 0.615. The largest absolute Gasteiger partial charge is 0.366 e. The second-order valence-electron chi connectivity index (χ2n) is 2.33. The molecule has 0 saturated carbocycles. The number of nitro groups is 1. The van der Waals surface area contributed by atoms with Crippen LogP contribution in [0.15, 0.2) is 6.07 Å². The zero-order valence-electron chi connectivity index (χ0n) is 6.58. The summed E-state index contributed by atoms with van der Waals surface area (Å²) in [5.74, 6) is -1.22. The van der Waals surface area contributed by atoms with Crippen LogP contribution in [-0.2, 0) is 0 Å². The van der Waals surface area contributed by atoms with E-state index in [1.165, 1.54) is 0 Å². The topological polar surface area (TPSA) is 82.0 Å². The number of nitrogens with zero attached hydrogens (tertiary/aromatic N) is 2. The highest BCUT2D eigenvalue weighted by atomic mass is 35.5. The third-order valence-electron chi connectivity index (χ3n) is 1.42. The minimum atomic E-state index is -2.92. The predicted octanol–water partition coefficient (Wildman–Crippen LogP) is 2.16. The molecule has 14 heavy (non-hydrogen) atoms. The van der Waals surface area contributed by atoms with E-state index in [4.69, 9.17) is 17.3 Å². The van der Waals surface area contributed by atoms with E-state index >= 15 is 0 Å². The Morgan fingerprint density at radius 1 is 1.64 bits per heavy atom. The third kappa shape index (κ3) is 1.87. The Morgan fingerprint density at radius 3 is 2.64 bits per heavy atom. The molecule has 0 amide bonds. The fourth-order valence-electron chi connectivity index (χ4n) is 0.807. The molecule has 8 heteroatoms. The Labute approximate surface area is 81.6 Å². The number of pyridine rings is 1. The Bertz CT molecular complexity index is 386. The molecule has 0 bridgehead atoms. The molecule has 2 N–H and O–H groups in total. The lowest BCUT2D eigenvalue weighted by molar-refractivity contribution is -0.389. The van der Waals surface area contributed by atoms with Gasteiger partial charge in [-0.15, -0.1) is 0 Å². The fraction of sp³-hybridized carbons (Fsp3) is 0.167. The van der Waals surface area contributed by atoms with E-state index in [0.29, 0.717) is 6.07 Å². The molecule has 0 aliphatic heterocycles. The van der Waals surface area contributed by atoms with Crippen LogP contribution in [0.2, 0.25) is 5.02 Å². The average molecular weight is 224 g/mol. The third-order valence-corrected chi connectivity index (χ3v) is 1.83. The van der Waals surface area contributed by atoms with E-state index < -0.39 is 33.6 Å². The summed E-state index contributed by atoms with van der Waals surface area (Å²) in [5, 5.41) is 9.79. The maximum Gasteiger partial charge on any atom is 0.366 e. The monoisotopic (exact) mass is 223 g/mol. The number of aromatic nitrogens is 1. The Hall–Kier alpha value is -1.50. The molecule has 1 aromatic rings. The summed E-state index contributed by atoms with van der Waals surface area (Å²) in [6, 6.07) is 0.601. The molecule has 0 aliphatic rings. The normalized spacial score (nSPS) is 10.6. The van der Waals surface area contributed by atoms with Crippen LogP contribution >= 0.6 is 11.6 Å². The van der Waals surface area contributed by atoms with Crippen molar-refractivity contribution in [3.05, 3.63) is 26.8 Å². The number of anilines is 1. The van der Waals surface area contributed by atoms with Gasteiger partial charge in [0, 0.05) is 6.07 Å². The number of hydrogen-bond acceptors (Lipinski definition) is 4. The smallest absolute Gasteiger partial charge is 0.362 e. The zero-order valence-corrected chi connectivity index (χ0v) is 7.33. The SMILES string of the molecule is Nc1nc([N+](=O)[O-])cc(C(F)F)c1Cl. The summed E-state index contributed by atoms with van der Waals surface area (Å²) in [6.07, 6.45) is -2.92. The van der Waals surface area contributed by atoms with Crippen LogP contribution in [0.5, 0.6) is 0 Å². The van der Waals surface area contributed by atoms with Crippen molar-refractivity contribution in [2.45, 2.75) is 6.43 Å². The highest BCUT2D eigenvalue weighted by Gasteiger charge is 2.22. The minimum absolute atomic E-state index is 0.453. The zero-order chi connectivity index (χ0) is 10.9. The van der Waals surface area contributed by atoms with Crippen LogP contribution < -0.4 is 5.73 Å². The molecule has 0 aliphatic carbocycles. The molecule has 0 unspecified atom stereocenters. The van der Waals surface area contributed by atoms with Crippen molar-refractivity contribution in [2.24, 2.45) is 0 Å². The molecule has 1 rings (SSSR count). The number of rotatable bonds is 2. The number of halogens is 3. The van der Waals surface area contributed by atoms with E-state index in [1.807, 2.05) is 0 Å². The molecule has 0 radical (unpaired) electrons. The first-order valence-corrected chi connectivity index (χ1v) is 3.69. The van der Waals surface area contributed by atoms with Gasteiger partial charge in [0.15, 0.2) is 0 Å². The van der Waals surface area contributed by atoms with Gasteiger partial charge in [0.2, 0.25) is 0 Å². The van der Waals surface area contributed by atoms with Crippen molar-refractivity contribution in [3.8, 4) is 0 Å². The van der Waals surface area contributed by atoms with Gasteiger partial charge in [0.1, 0.15) is 5.02 Å². The van der Waals surface area contributed by atoms with E-state index in [9.17, 15) is 18.9 Å². The van der Waals surface area contributed by atoms with Crippen molar-refractivity contribution in [1.29, 1.82) is 0 Å². The number of alkyl halides is 2. The summed E-state index contributed by atoms with van der Waals surface area (Å²) >= 11 is 5.37. The number of hydrogen-bond donors (Lipinski definition) is 1. The molecular formula is C6H4ClF2N3O2. The maximum absolute atomic E-state index is 12.3. The first-order valence-electron chi connectivity index (χ1n) is 3.32. The molecule has 0 atom stereocenters. The van der Waals surface area contributed by atoms with Gasteiger partial charge < -0.3 is 15.8 Å². The van der Waals surface area contributed by atoms with E-state index in [-0.39, 0.29) is 0 Å². The van der Waals surface area contributed by atoms with Gasteiger partial charge in [-0.05, 0) is 9.91 Å². The average Bonchev–Trinajstić information content (AvgIpc) is 2.08. The summed E-state index contributed by atoms with van der Waals surface area (Å²) in [7, 11) is 0. The van der Waals surface area contributed by atoms with Gasteiger partial charge in [-0.2, -0.15) is 0 Å². The van der Waals surface area contributed by atoms with Gasteiger partial charge in [0.25, 0.3) is 12.2 Å². The second kappa shape index (κ2) is 3.70. The second-order valence-corrected chi connectivity index (χ2v) is 2.70. The van der Waals surface area contributed by atoms with Crippen molar-refractivity contribution in [2.75, 3.05) is 5.73 Å².